The molecular formula is C16H34. The zero-order valence-electron chi connectivity index (χ0n) is 12.8. The van der Waals surface area contributed by atoms with E-state index in [4.69, 9.17) is 0 Å². The third-order valence-corrected chi connectivity index (χ3v) is 4.66. The monoisotopic (exact) mass is 226 g/mol. The van der Waals surface area contributed by atoms with Crippen molar-refractivity contribution in [1.82, 2.24) is 0 Å². The Kier molecular flexibility index (Phi) is 7.35. The van der Waals surface area contributed by atoms with Gasteiger partial charge in [-0.3, -0.25) is 0 Å². The Bertz CT molecular complexity index is 169. The van der Waals surface area contributed by atoms with Crippen LogP contribution >= 0.6 is 0 Å². The highest BCUT2D eigenvalue weighted by Gasteiger charge is 2.18. The van der Waals surface area contributed by atoms with Crippen LogP contribution < -0.4 is 0 Å². The van der Waals surface area contributed by atoms with E-state index in [9.17, 15) is 0 Å². The quantitative estimate of drug-likeness (QED) is 0.482. The van der Waals surface area contributed by atoms with Gasteiger partial charge in [0.15, 0.2) is 0 Å². The van der Waals surface area contributed by atoms with Gasteiger partial charge >= 0.3 is 0 Å². The van der Waals surface area contributed by atoms with E-state index in [1.807, 2.05) is 0 Å². The van der Waals surface area contributed by atoms with Gasteiger partial charge in [-0.1, -0.05) is 67.7 Å². The second kappa shape index (κ2) is 7.35. The summed E-state index contributed by atoms with van der Waals surface area (Å²) in [5.41, 5.74) is 0.549. The molecule has 0 aliphatic heterocycles. The van der Waals surface area contributed by atoms with Crippen LogP contribution in [0.4, 0.5) is 0 Å². The highest BCUT2D eigenvalue weighted by molar-refractivity contribution is 4.70. The van der Waals surface area contributed by atoms with Crippen LogP contribution in [0.2, 0.25) is 0 Å². The first-order valence-corrected chi connectivity index (χ1v) is 7.32. The molecule has 0 saturated carbocycles. The van der Waals surface area contributed by atoms with Crippen LogP contribution in [0.5, 0.6) is 0 Å². The molecule has 98 valence electrons. The van der Waals surface area contributed by atoms with E-state index in [2.05, 4.69) is 48.5 Å². The molecular weight excluding hydrogens is 192 g/mol. The van der Waals surface area contributed by atoms with E-state index in [-0.39, 0.29) is 0 Å². The summed E-state index contributed by atoms with van der Waals surface area (Å²) in [6.45, 7) is 16.7. The maximum absolute atomic E-state index is 2.44. The van der Waals surface area contributed by atoms with Gasteiger partial charge < -0.3 is 0 Å². The molecule has 3 unspecified atom stereocenters. The van der Waals surface area contributed by atoms with Gasteiger partial charge in [0.25, 0.3) is 0 Å². The van der Waals surface area contributed by atoms with Crippen molar-refractivity contribution in [1.29, 1.82) is 0 Å². The Morgan fingerprint density at radius 2 is 1.50 bits per heavy atom. The van der Waals surface area contributed by atoms with Gasteiger partial charge in [0, 0.05) is 0 Å². The molecule has 16 heavy (non-hydrogen) atoms. The molecule has 0 spiro atoms. The third kappa shape index (κ3) is 6.55. The summed E-state index contributed by atoms with van der Waals surface area (Å²) in [6.07, 6.45) is 6.84. The molecule has 0 heteroatoms. The fraction of sp³-hybridized carbons (Fsp3) is 1.00. The van der Waals surface area contributed by atoms with E-state index in [0.29, 0.717) is 5.41 Å². The van der Waals surface area contributed by atoms with Crippen molar-refractivity contribution < 1.29 is 0 Å². The fourth-order valence-electron chi connectivity index (χ4n) is 2.20. The van der Waals surface area contributed by atoms with Crippen molar-refractivity contribution in [2.24, 2.45) is 23.2 Å². The van der Waals surface area contributed by atoms with Gasteiger partial charge in [0.2, 0.25) is 0 Å². The molecule has 0 aromatic carbocycles. The Labute approximate surface area is 104 Å². The van der Waals surface area contributed by atoms with Crippen molar-refractivity contribution >= 4 is 0 Å². The first-order chi connectivity index (χ1) is 7.32. The first-order valence-electron chi connectivity index (χ1n) is 7.32. The number of hydrogen-bond donors (Lipinski definition) is 0. The normalized spacial score (nSPS) is 18.2. The first kappa shape index (κ1) is 16.0. The lowest BCUT2D eigenvalue weighted by Crippen LogP contribution is -2.15. The molecule has 0 heterocycles. The summed E-state index contributed by atoms with van der Waals surface area (Å²) < 4.78 is 0. The minimum absolute atomic E-state index is 0.549. The maximum Gasteiger partial charge on any atom is -0.0357 e. The predicted molar refractivity (Wildman–Crippen MR) is 75.7 cm³/mol. The minimum atomic E-state index is 0.549. The van der Waals surface area contributed by atoms with Crippen LogP contribution in [0.3, 0.4) is 0 Å². The van der Waals surface area contributed by atoms with Gasteiger partial charge in [-0.15, -0.1) is 0 Å². The lowest BCUT2D eigenvalue weighted by atomic mass is 9.79. The Morgan fingerprint density at radius 1 is 0.938 bits per heavy atom. The van der Waals surface area contributed by atoms with Crippen molar-refractivity contribution in [2.45, 2.75) is 80.6 Å². The molecule has 0 N–H and O–H groups in total. The zero-order chi connectivity index (χ0) is 12.8. The Hall–Kier alpha value is 0. The van der Waals surface area contributed by atoms with Gasteiger partial charge in [-0.05, 0) is 36.0 Å². The molecule has 0 aliphatic carbocycles. The lowest BCUT2D eigenvalue weighted by molar-refractivity contribution is 0.250. The van der Waals surface area contributed by atoms with Gasteiger partial charge in [0.1, 0.15) is 0 Å². The lowest BCUT2D eigenvalue weighted by Gasteiger charge is -2.27. The molecule has 0 radical (unpaired) electrons. The van der Waals surface area contributed by atoms with Crippen molar-refractivity contribution in [3.8, 4) is 0 Å². The fourth-order valence-corrected chi connectivity index (χ4v) is 2.20. The molecule has 0 aromatic heterocycles. The molecule has 0 bridgehead atoms. The molecule has 0 fully saturated rings. The second-order valence-corrected chi connectivity index (χ2v) is 6.76. The molecule has 0 aromatic rings. The highest BCUT2D eigenvalue weighted by Crippen LogP contribution is 2.31. The van der Waals surface area contributed by atoms with Crippen molar-refractivity contribution in [3.63, 3.8) is 0 Å². The maximum atomic E-state index is 2.44. The summed E-state index contributed by atoms with van der Waals surface area (Å²) in [5.74, 6) is 2.68. The molecule has 0 aliphatic rings. The van der Waals surface area contributed by atoms with Crippen molar-refractivity contribution in [2.75, 3.05) is 0 Å². The Balaban J connectivity index is 3.86. The molecule has 3 atom stereocenters. The SMILES string of the molecule is CCC(C)C(C)CC(C)CCC(C)(C)CC. The average Bonchev–Trinajstić information content (AvgIpc) is 2.25. The van der Waals surface area contributed by atoms with Crippen LogP contribution in [0.1, 0.15) is 80.6 Å². The average molecular weight is 226 g/mol. The molecule has 0 amide bonds. The smallest absolute Gasteiger partial charge is 0.0357 e. The van der Waals surface area contributed by atoms with E-state index >= 15 is 0 Å². The topological polar surface area (TPSA) is 0 Å². The van der Waals surface area contributed by atoms with Gasteiger partial charge in [-0.25, -0.2) is 0 Å². The zero-order valence-corrected chi connectivity index (χ0v) is 12.8. The standard InChI is InChI=1S/C16H34/c1-8-14(4)15(5)12-13(3)10-11-16(6,7)9-2/h13-15H,8-12H2,1-7H3. The summed E-state index contributed by atoms with van der Waals surface area (Å²) in [7, 11) is 0. The number of hydrogen-bond acceptors (Lipinski definition) is 0. The van der Waals surface area contributed by atoms with Gasteiger partial charge in [-0.2, -0.15) is 0 Å². The number of rotatable bonds is 8. The Morgan fingerprint density at radius 3 is 1.94 bits per heavy atom. The summed E-state index contributed by atoms with van der Waals surface area (Å²) in [4.78, 5) is 0. The highest BCUT2D eigenvalue weighted by atomic mass is 14.2. The minimum Gasteiger partial charge on any atom is -0.0651 e. The largest absolute Gasteiger partial charge is 0.0651 e. The van der Waals surface area contributed by atoms with E-state index in [1.165, 1.54) is 32.1 Å². The molecule has 0 nitrogen and oxygen atoms in total. The van der Waals surface area contributed by atoms with Crippen LogP contribution in [0, 0.1) is 23.2 Å². The van der Waals surface area contributed by atoms with Crippen LogP contribution in [0.15, 0.2) is 0 Å². The van der Waals surface area contributed by atoms with E-state index < -0.39 is 0 Å². The van der Waals surface area contributed by atoms with E-state index in [0.717, 1.165) is 17.8 Å². The summed E-state index contributed by atoms with van der Waals surface area (Å²) in [6, 6.07) is 0. The summed E-state index contributed by atoms with van der Waals surface area (Å²) >= 11 is 0. The predicted octanol–water partition coefficient (Wildman–Crippen LogP) is 5.91. The van der Waals surface area contributed by atoms with Gasteiger partial charge in [0.05, 0.1) is 0 Å². The second-order valence-electron chi connectivity index (χ2n) is 6.76. The molecule has 0 saturated heterocycles. The summed E-state index contributed by atoms with van der Waals surface area (Å²) in [5, 5.41) is 0. The third-order valence-electron chi connectivity index (χ3n) is 4.66. The van der Waals surface area contributed by atoms with Crippen LogP contribution in [-0.4, -0.2) is 0 Å². The van der Waals surface area contributed by atoms with Crippen molar-refractivity contribution in [3.05, 3.63) is 0 Å². The van der Waals surface area contributed by atoms with Crippen LogP contribution in [-0.2, 0) is 0 Å². The van der Waals surface area contributed by atoms with Crippen LogP contribution in [0.25, 0.3) is 0 Å². The molecule has 0 rings (SSSR count). The van der Waals surface area contributed by atoms with E-state index in [1.54, 1.807) is 0 Å².